The minimum atomic E-state index is -0.512. The molecule has 324 valence electrons. The largest absolute Gasteiger partial charge is 0.456 e. The number of hydrogen-bond donors (Lipinski definition) is 0. The van der Waals surface area contributed by atoms with E-state index in [1.807, 2.05) is 12.1 Å². The zero-order valence-corrected chi connectivity index (χ0v) is 37.6. The number of hydrogen-bond acceptors (Lipinski definition) is 4. The van der Waals surface area contributed by atoms with Gasteiger partial charge in [0.25, 0.3) is 0 Å². The lowest BCUT2D eigenvalue weighted by Crippen LogP contribution is -2.25. The first-order valence-electron chi connectivity index (χ1n) is 24.0. The standard InChI is InChI=1S/C65H38N4O/c1-2-16-38(17-3-1)39-30-33-48-51(36-39)41-18-4-5-23-47(41)59(48)63-66-62(40-31-32-46-45-22-10-15-29-57(45)70-58(46)37-40)67-64(68-63)69-56-28-14-9-21-44(56)49-34-35-55-60(61(49)69)50-24-8-13-27-54(50)65(55)52-25-11-6-19-42(52)43-20-7-12-26-53(43)65/h1-37,59H. The van der Waals surface area contributed by atoms with Crippen molar-refractivity contribution >= 4 is 43.7 Å². The summed E-state index contributed by atoms with van der Waals surface area (Å²) in [6.45, 7) is 0. The van der Waals surface area contributed by atoms with Crippen LogP contribution in [0.15, 0.2) is 229 Å². The average molecular weight is 891 g/mol. The van der Waals surface area contributed by atoms with Gasteiger partial charge < -0.3 is 4.42 Å². The second kappa shape index (κ2) is 13.9. The van der Waals surface area contributed by atoms with Crippen molar-refractivity contribution in [3.05, 3.63) is 264 Å². The lowest BCUT2D eigenvalue weighted by molar-refractivity contribution is 0.669. The highest BCUT2D eigenvalue weighted by molar-refractivity contribution is 6.16. The van der Waals surface area contributed by atoms with E-state index in [1.54, 1.807) is 0 Å². The van der Waals surface area contributed by atoms with Gasteiger partial charge >= 0.3 is 0 Å². The third-order valence-corrected chi connectivity index (χ3v) is 15.6. The predicted molar refractivity (Wildman–Crippen MR) is 281 cm³/mol. The maximum Gasteiger partial charge on any atom is 0.238 e. The van der Waals surface area contributed by atoms with Gasteiger partial charge in [0.2, 0.25) is 5.95 Å². The predicted octanol–water partition coefficient (Wildman–Crippen LogP) is 15.7. The second-order valence-electron chi connectivity index (χ2n) is 18.9. The van der Waals surface area contributed by atoms with E-state index in [4.69, 9.17) is 19.4 Å². The summed E-state index contributed by atoms with van der Waals surface area (Å²) in [4.78, 5) is 16.8. The van der Waals surface area contributed by atoms with Gasteiger partial charge in [0.05, 0.1) is 22.4 Å². The summed E-state index contributed by atoms with van der Waals surface area (Å²) in [5.74, 6) is 1.60. The van der Waals surface area contributed by atoms with E-state index in [-0.39, 0.29) is 5.92 Å². The summed E-state index contributed by atoms with van der Waals surface area (Å²) in [5.41, 5.74) is 21.4. The van der Waals surface area contributed by atoms with Crippen LogP contribution < -0.4 is 0 Å². The van der Waals surface area contributed by atoms with E-state index in [9.17, 15) is 0 Å². The number of furan rings is 1. The fourth-order valence-electron chi connectivity index (χ4n) is 12.7. The van der Waals surface area contributed by atoms with Crippen molar-refractivity contribution in [2.24, 2.45) is 0 Å². The monoisotopic (exact) mass is 890 g/mol. The normalized spacial score (nSPS) is 14.5. The molecule has 3 aliphatic carbocycles. The van der Waals surface area contributed by atoms with Crippen LogP contribution in [0.25, 0.3) is 106 Å². The molecule has 0 fully saturated rings. The van der Waals surface area contributed by atoms with Gasteiger partial charge in [-0.1, -0.05) is 194 Å². The summed E-state index contributed by atoms with van der Waals surface area (Å²) in [7, 11) is 0. The first-order chi connectivity index (χ1) is 34.7. The molecule has 16 rings (SSSR count). The molecule has 10 aromatic carbocycles. The molecule has 5 heteroatoms. The molecule has 0 amide bonds. The number of rotatable bonds is 4. The van der Waals surface area contributed by atoms with Crippen LogP contribution in [0.1, 0.15) is 45.1 Å². The van der Waals surface area contributed by atoms with Crippen molar-refractivity contribution in [1.82, 2.24) is 19.5 Å². The lowest BCUT2D eigenvalue weighted by atomic mass is 9.70. The van der Waals surface area contributed by atoms with Crippen molar-refractivity contribution in [1.29, 1.82) is 0 Å². The second-order valence-corrected chi connectivity index (χ2v) is 18.9. The van der Waals surface area contributed by atoms with Crippen LogP contribution >= 0.6 is 0 Å². The Balaban J connectivity index is 1.00. The highest BCUT2D eigenvalue weighted by Gasteiger charge is 2.52. The molecule has 1 atom stereocenters. The van der Waals surface area contributed by atoms with Gasteiger partial charge in [-0.2, -0.15) is 9.97 Å². The smallest absolute Gasteiger partial charge is 0.238 e. The Kier molecular flexibility index (Phi) is 7.54. The van der Waals surface area contributed by atoms with Gasteiger partial charge in [-0.05, 0) is 103 Å². The number of fused-ring (bicyclic) bond motifs is 20. The van der Waals surface area contributed by atoms with E-state index in [2.05, 4.69) is 217 Å². The Labute approximate surface area is 402 Å². The molecule has 0 saturated heterocycles. The van der Waals surface area contributed by atoms with E-state index < -0.39 is 5.41 Å². The summed E-state index contributed by atoms with van der Waals surface area (Å²) in [6.07, 6.45) is 0. The summed E-state index contributed by atoms with van der Waals surface area (Å²) < 4.78 is 8.84. The van der Waals surface area contributed by atoms with E-state index in [0.717, 1.165) is 49.3 Å². The number of nitrogens with zero attached hydrogens (tertiary/aromatic N) is 4. The van der Waals surface area contributed by atoms with Gasteiger partial charge in [0, 0.05) is 32.7 Å². The summed E-state index contributed by atoms with van der Waals surface area (Å²) in [5, 5.41) is 4.43. The van der Waals surface area contributed by atoms with Gasteiger partial charge in [-0.25, -0.2) is 4.98 Å². The molecule has 0 radical (unpaired) electrons. The number of aromatic nitrogens is 4. The molecule has 0 saturated carbocycles. The van der Waals surface area contributed by atoms with Crippen LogP contribution in [-0.4, -0.2) is 19.5 Å². The summed E-state index contributed by atoms with van der Waals surface area (Å²) in [6, 6.07) is 81.3. The SMILES string of the molecule is c1ccc(-c2ccc3c(c2)-c2ccccc2C3c2nc(-c3ccc4c(c3)oc3ccccc34)nc(-n3c4ccccc4c4ccc5c(c43)-c3ccccc3C53c4ccccc4-c4ccccc43)n2)cc1. The summed E-state index contributed by atoms with van der Waals surface area (Å²) >= 11 is 0. The molecule has 3 aromatic heterocycles. The molecule has 70 heavy (non-hydrogen) atoms. The van der Waals surface area contributed by atoms with Crippen LogP contribution in [0, 0.1) is 0 Å². The van der Waals surface area contributed by atoms with Crippen LogP contribution in [0.2, 0.25) is 0 Å². The third-order valence-electron chi connectivity index (χ3n) is 15.6. The Bertz CT molecular complexity index is 4340. The average Bonchev–Trinajstić information content (AvgIpc) is 4.21. The molecule has 0 bridgehead atoms. The Morgan fingerprint density at radius 1 is 0.386 bits per heavy atom. The molecule has 13 aromatic rings. The van der Waals surface area contributed by atoms with E-state index in [1.165, 1.54) is 77.9 Å². The Morgan fingerprint density at radius 2 is 1.00 bits per heavy atom. The molecule has 0 aliphatic heterocycles. The molecular weight excluding hydrogens is 853 g/mol. The van der Waals surface area contributed by atoms with Gasteiger partial charge in [0.1, 0.15) is 17.0 Å². The molecule has 3 aliphatic rings. The molecule has 0 N–H and O–H groups in total. The van der Waals surface area contributed by atoms with Gasteiger partial charge in [-0.15, -0.1) is 0 Å². The Morgan fingerprint density at radius 3 is 1.81 bits per heavy atom. The number of para-hydroxylation sites is 2. The zero-order valence-electron chi connectivity index (χ0n) is 37.6. The number of benzene rings is 10. The van der Waals surface area contributed by atoms with E-state index >= 15 is 0 Å². The first kappa shape index (κ1) is 37.9. The van der Waals surface area contributed by atoms with Crippen LogP contribution in [0.3, 0.4) is 0 Å². The maximum atomic E-state index is 6.51. The van der Waals surface area contributed by atoms with E-state index in [0.29, 0.717) is 17.6 Å². The molecular formula is C65H38N4O. The third kappa shape index (κ3) is 4.92. The van der Waals surface area contributed by atoms with Crippen molar-refractivity contribution in [2.45, 2.75) is 11.3 Å². The van der Waals surface area contributed by atoms with Crippen LogP contribution in [0.5, 0.6) is 0 Å². The molecule has 1 spiro atoms. The van der Waals surface area contributed by atoms with Crippen LogP contribution in [0.4, 0.5) is 0 Å². The zero-order chi connectivity index (χ0) is 45.7. The minimum Gasteiger partial charge on any atom is -0.456 e. The highest BCUT2D eigenvalue weighted by Crippen LogP contribution is 2.64. The topological polar surface area (TPSA) is 56.7 Å². The lowest BCUT2D eigenvalue weighted by Gasteiger charge is -2.30. The molecule has 5 nitrogen and oxygen atoms in total. The molecule has 1 unspecified atom stereocenters. The van der Waals surface area contributed by atoms with Crippen LogP contribution in [-0.2, 0) is 5.41 Å². The minimum absolute atomic E-state index is 0.249. The molecule has 3 heterocycles. The quantitative estimate of drug-likeness (QED) is 0.177. The fraction of sp³-hybridized carbons (Fsp3) is 0.0308. The van der Waals surface area contributed by atoms with Gasteiger partial charge in [-0.3, -0.25) is 4.57 Å². The maximum absolute atomic E-state index is 6.51. The van der Waals surface area contributed by atoms with Crippen molar-refractivity contribution < 1.29 is 4.42 Å². The van der Waals surface area contributed by atoms with Gasteiger partial charge in [0.15, 0.2) is 5.82 Å². The Hall–Kier alpha value is -9.19. The first-order valence-corrected chi connectivity index (χ1v) is 24.0. The van der Waals surface area contributed by atoms with Crippen molar-refractivity contribution in [2.75, 3.05) is 0 Å². The van der Waals surface area contributed by atoms with Crippen molar-refractivity contribution in [3.8, 4) is 61.8 Å². The highest BCUT2D eigenvalue weighted by atomic mass is 16.3. The van der Waals surface area contributed by atoms with Crippen molar-refractivity contribution in [3.63, 3.8) is 0 Å². The fourth-order valence-corrected chi connectivity index (χ4v) is 12.7.